The number of carbonyl (C=O) groups is 2. The normalized spacial score (nSPS) is 10.8. The number of hydrogen-bond acceptors (Lipinski definition) is 7. The molecule has 1 aromatic carbocycles. The van der Waals surface area contributed by atoms with E-state index in [9.17, 15) is 9.59 Å². The average molecular weight is 390 g/mol. The Kier molecular flexibility index (Phi) is 5.95. The highest BCUT2D eigenvalue weighted by Crippen LogP contribution is 2.33. The van der Waals surface area contributed by atoms with E-state index >= 15 is 0 Å². The number of hydrogen-bond donors (Lipinski definition) is 1. The molecule has 136 valence electrons. The lowest BCUT2D eigenvalue weighted by Gasteiger charge is -2.04. The quantitative estimate of drug-likeness (QED) is 0.488. The molecule has 0 bridgehead atoms. The van der Waals surface area contributed by atoms with Gasteiger partial charge in [-0.3, -0.25) is 9.59 Å². The minimum Gasteiger partial charge on any atom is -0.469 e. The SMILES string of the molecule is COC(=O)CCNC(=O)c1oc2ccccc2c1CSc1nc(C)cs1. The van der Waals surface area contributed by atoms with Crippen LogP contribution in [0.25, 0.3) is 11.0 Å². The summed E-state index contributed by atoms with van der Waals surface area (Å²) in [4.78, 5) is 28.2. The molecule has 26 heavy (non-hydrogen) atoms. The first-order valence-electron chi connectivity index (χ1n) is 7.99. The number of nitrogens with one attached hydrogen (secondary N) is 1. The molecule has 8 heteroatoms. The molecule has 3 aromatic rings. The lowest BCUT2D eigenvalue weighted by molar-refractivity contribution is -0.140. The van der Waals surface area contributed by atoms with Crippen molar-refractivity contribution in [3.05, 3.63) is 46.7 Å². The maximum Gasteiger partial charge on any atom is 0.307 e. The second-order valence-corrected chi connectivity index (χ2v) is 7.61. The lowest BCUT2D eigenvalue weighted by Crippen LogP contribution is -2.26. The van der Waals surface area contributed by atoms with Gasteiger partial charge in [-0.2, -0.15) is 0 Å². The third kappa shape index (κ3) is 4.25. The highest BCUT2D eigenvalue weighted by molar-refractivity contribution is 8.00. The molecule has 0 aliphatic heterocycles. The fraction of sp³-hybridized carbons (Fsp3) is 0.278. The fourth-order valence-corrected chi connectivity index (χ4v) is 4.30. The summed E-state index contributed by atoms with van der Waals surface area (Å²) < 4.78 is 11.3. The largest absolute Gasteiger partial charge is 0.469 e. The smallest absolute Gasteiger partial charge is 0.307 e. The maximum absolute atomic E-state index is 12.5. The predicted octanol–water partition coefficient (Wildman–Crippen LogP) is 3.78. The number of furan rings is 1. The van der Waals surface area contributed by atoms with E-state index in [4.69, 9.17) is 4.42 Å². The topological polar surface area (TPSA) is 81.4 Å². The summed E-state index contributed by atoms with van der Waals surface area (Å²) in [5.74, 6) is 0.140. The van der Waals surface area contributed by atoms with Crippen LogP contribution in [-0.4, -0.2) is 30.5 Å². The van der Waals surface area contributed by atoms with Gasteiger partial charge in [-0.25, -0.2) is 4.98 Å². The van der Waals surface area contributed by atoms with Gasteiger partial charge >= 0.3 is 5.97 Å². The molecule has 0 aliphatic carbocycles. The van der Waals surface area contributed by atoms with Crippen molar-refractivity contribution in [3.63, 3.8) is 0 Å². The number of benzene rings is 1. The number of fused-ring (bicyclic) bond motifs is 1. The van der Waals surface area contributed by atoms with E-state index in [1.165, 1.54) is 7.11 Å². The van der Waals surface area contributed by atoms with Crippen molar-refractivity contribution < 1.29 is 18.7 Å². The van der Waals surface area contributed by atoms with Crippen molar-refractivity contribution in [2.75, 3.05) is 13.7 Å². The number of carbonyl (C=O) groups excluding carboxylic acids is 2. The molecule has 0 spiro atoms. The van der Waals surface area contributed by atoms with Crippen LogP contribution in [0.5, 0.6) is 0 Å². The lowest BCUT2D eigenvalue weighted by atomic mass is 10.1. The summed E-state index contributed by atoms with van der Waals surface area (Å²) in [5, 5.41) is 5.62. The second-order valence-electron chi connectivity index (χ2n) is 5.53. The first-order chi connectivity index (χ1) is 12.6. The van der Waals surface area contributed by atoms with E-state index < -0.39 is 0 Å². The predicted molar refractivity (Wildman–Crippen MR) is 102 cm³/mol. The Morgan fingerprint density at radius 3 is 2.88 bits per heavy atom. The van der Waals surface area contributed by atoms with Crippen molar-refractivity contribution in [1.82, 2.24) is 10.3 Å². The van der Waals surface area contributed by atoms with Crippen molar-refractivity contribution >= 4 is 45.9 Å². The van der Waals surface area contributed by atoms with Crippen LogP contribution in [0.2, 0.25) is 0 Å². The van der Waals surface area contributed by atoms with Gasteiger partial charge in [0.1, 0.15) is 9.92 Å². The van der Waals surface area contributed by atoms with Crippen LogP contribution in [0.3, 0.4) is 0 Å². The van der Waals surface area contributed by atoms with Gasteiger partial charge < -0.3 is 14.5 Å². The van der Waals surface area contributed by atoms with Gasteiger partial charge in [0.15, 0.2) is 5.76 Å². The number of amides is 1. The number of para-hydroxylation sites is 1. The van der Waals surface area contributed by atoms with Gasteiger partial charge in [-0.1, -0.05) is 30.0 Å². The Morgan fingerprint density at radius 1 is 1.35 bits per heavy atom. The van der Waals surface area contributed by atoms with Gasteiger partial charge in [-0.05, 0) is 13.0 Å². The van der Waals surface area contributed by atoms with Crippen molar-refractivity contribution in [1.29, 1.82) is 0 Å². The zero-order valence-electron chi connectivity index (χ0n) is 14.4. The molecule has 0 saturated heterocycles. The molecule has 0 aliphatic rings. The fourth-order valence-electron chi connectivity index (χ4n) is 2.42. The number of rotatable bonds is 7. The summed E-state index contributed by atoms with van der Waals surface area (Å²) in [6.45, 7) is 2.15. The summed E-state index contributed by atoms with van der Waals surface area (Å²) in [6, 6.07) is 7.56. The first-order valence-corrected chi connectivity index (χ1v) is 9.85. The summed E-state index contributed by atoms with van der Waals surface area (Å²) in [7, 11) is 1.32. The molecule has 0 atom stereocenters. The van der Waals surface area contributed by atoms with Crippen LogP contribution in [0, 0.1) is 6.92 Å². The molecule has 2 heterocycles. The molecule has 0 radical (unpaired) electrons. The van der Waals surface area contributed by atoms with E-state index in [1.807, 2.05) is 36.6 Å². The Labute approximate surface area is 158 Å². The summed E-state index contributed by atoms with van der Waals surface area (Å²) in [5.41, 5.74) is 2.47. The Balaban J connectivity index is 1.79. The van der Waals surface area contributed by atoms with Gasteiger partial charge in [0.05, 0.1) is 13.5 Å². The van der Waals surface area contributed by atoms with Crippen LogP contribution < -0.4 is 5.32 Å². The maximum atomic E-state index is 12.5. The Bertz CT molecular complexity index is 932. The number of aryl methyl sites for hydroxylation is 1. The number of thioether (sulfide) groups is 1. The van der Waals surface area contributed by atoms with Crippen LogP contribution in [0.15, 0.2) is 38.4 Å². The van der Waals surface area contributed by atoms with E-state index in [0.29, 0.717) is 11.3 Å². The number of nitrogens with zero attached hydrogens (tertiary/aromatic N) is 1. The molecule has 6 nitrogen and oxygen atoms in total. The molecular formula is C18H18N2O4S2. The van der Waals surface area contributed by atoms with E-state index in [1.54, 1.807) is 23.1 Å². The minimum absolute atomic E-state index is 0.116. The third-order valence-corrected chi connectivity index (χ3v) is 5.85. The van der Waals surface area contributed by atoms with Crippen molar-refractivity contribution in [2.24, 2.45) is 0 Å². The van der Waals surface area contributed by atoms with Gasteiger partial charge in [0.2, 0.25) is 0 Å². The third-order valence-electron chi connectivity index (χ3n) is 3.68. The summed E-state index contributed by atoms with van der Waals surface area (Å²) >= 11 is 3.15. The molecule has 3 rings (SSSR count). The second kappa shape index (κ2) is 8.37. The highest BCUT2D eigenvalue weighted by Gasteiger charge is 2.21. The summed E-state index contributed by atoms with van der Waals surface area (Å²) in [6.07, 6.45) is 0.116. The van der Waals surface area contributed by atoms with Gasteiger partial charge in [-0.15, -0.1) is 11.3 Å². The average Bonchev–Trinajstić information content (AvgIpc) is 3.23. The number of thiazole rings is 1. The number of ether oxygens (including phenoxy) is 1. The highest BCUT2D eigenvalue weighted by atomic mass is 32.2. The zero-order chi connectivity index (χ0) is 18.5. The minimum atomic E-state index is -0.371. The first kappa shape index (κ1) is 18.5. The van der Waals surface area contributed by atoms with E-state index in [2.05, 4.69) is 15.0 Å². The van der Waals surface area contributed by atoms with E-state index in [-0.39, 0.29) is 30.6 Å². The molecule has 0 unspecified atom stereocenters. The zero-order valence-corrected chi connectivity index (χ0v) is 16.0. The van der Waals surface area contributed by atoms with Crippen molar-refractivity contribution in [2.45, 2.75) is 23.4 Å². The van der Waals surface area contributed by atoms with Gasteiger partial charge in [0.25, 0.3) is 5.91 Å². The monoisotopic (exact) mass is 390 g/mol. The molecule has 2 aromatic heterocycles. The van der Waals surface area contributed by atoms with Crippen LogP contribution in [0.1, 0.15) is 28.2 Å². The van der Waals surface area contributed by atoms with Crippen molar-refractivity contribution in [3.8, 4) is 0 Å². The molecule has 0 fully saturated rings. The number of esters is 1. The van der Waals surface area contributed by atoms with E-state index in [0.717, 1.165) is 21.0 Å². The number of methoxy groups -OCH3 is 1. The standard InChI is InChI=1S/C18H18N2O4S2/c1-11-9-25-18(20-11)26-10-13-12-5-3-4-6-14(12)24-16(13)17(22)19-8-7-15(21)23-2/h3-6,9H,7-8,10H2,1-2H3,(H,19,22). The Hall–Kier alpha value is -2.32. The van der Waals surface area contributed by atoms with Gasteiger partial charge in [0, 0.05) is 34.3 Å². The molecule has 1 amide bonds. The molecule has 0 saturated carbocycles. The van der Waals surface area contributed by atoms with Crippen LogP contribution >= 0.6 is 23.1 Å². The molecular weight excluding hydrogens is 372 g/mol. The number of aromatic nitrogens is 1. The Morgan fingerprint density at radius 2 is 2.15 bits per heavy atom. The van der Waals surface area contributed by atoms with Crippen LogP contribution in [-0.2, 0) is 15.3 Å². The molecule has 1 N–H and O–H groups in total. The van der Waals surface area contributed by atoms with Crippen LogP contribution in [0.4, 0.5) is 0 Å².